The number of hydrogen-bond acceptors (Lipinski definition) is 2. The van der Waals surface area contributed by atoms with Crippen LogP contribution in [-0.4, -0.2) is 24.2 Å². The number of aliphatic hydroxyl groups is 1. The van der Waals surface area contributed by atoms with Crippen molar-refractivity contribution in [2.24, 2.45) is 0 Å². The Balaban J connectivity index is 2.69. The lowest BCUT2D eigenvalue weighted by Gasteiger charge is -2.26. The van der Waals surface area contributed by atoms with E-state index >= 15 is 0 Å². The van der Waals surface area contributed by atoms with Crippen molar-refractivity contribution in [1.29, 1.82) is 0 Å². The summed E-state index contributed by atoms with van der Waals surface area (Å²) in [6.07, 6.45) is 0.159. The van der Waals surface area contributed by atoms with Crippen molar-refractivity contribution in [2.75, 3.05) is 13.2 Å². The molecule has 1 aromatic rings. The van der Waals surface area contributed by atoms with Crippen LogP contribution >= 0.6 is 15.9 Å². The first-order chi connectivity index (χ1) is 7.97. The smallest absolute Gasteiger partial charge is 0.222 e. The van der Waals surface area contributed by atoms with Crippen LogP contribution < -0.4 is 5.32 Å². The molecule has 0 aromatic heterocycles. The lowest BCUT2D eigenvalue weighted by Crippen LogP contribution is -2.37. The van der Waals surface area contributed by atoms with E-state index in [9.17, 15) is 4.79 Å². The number of nitrogens with one attached hydrogen (secondary N) is 1. The standard InChI is InChI=1S/C13H18BrNO2/c1-13(2,9-15-12(17)7-8-16)10-5-3-4-6-11(10)14/h3-6,16H,7-9H2,1-2H3,(H,15,17). The monoisotopic (exact) mass is 299 g/mol. The van der Waals surface area contributed by atoms with E-state index < -0.39 is 0 Å². The molecule has 0 spiro atoms. The molecule has 1 aromatic carbocycles. The molecule has 0 aliphatic heterocycles. The van der Waals surface area contributed by atoms with Gasteiger partial charge in [-0.05, 0) is 11.6 Å². The SMILES string of the molecule is CC(C)(CNC(=O)CCO)c1ccccc1Br. The highest BCUT2D eigenvalue weighted by atomic mass is 79.9. The van der Waals surface area contributed by atoms with Gasteiger partial charge in [-0.3, -0.25) is 4.79 Å². The third-order valence-electron chi connectivity index (χ3n) is 2.67. The highest BCUT2D eigenvalue weighted by Crippen LogP contribution is 2.29. The molecule has 0 bridgehead atoms. The normalized spacial score (nSPS) is 11.3. The Morgan fingerprint density at radius 2 is 2.06 bits per heavy atom. The second kappa shape index (κ2) is 6.17. The quantitative estimate of drug-likeness (QED) is 0.876. The first-order valence-corrected chi connectivity index (χ1v) is 6.39. The van der Waals surface area contributed by atoms with Crippen LogP contribution in [0.25, 0.3) is 0 Å². The molecular weight excluding hydrogens is 282 g/mol. The Morgan fingerprint density at radius 1 is 1.41 bits per heavy atom. The molecule has 4 heteroatoms. The Morgan fingerprint density at radius 3 is 2.65 bits per heavy atom. The number of rotatable bonds is 5. The molecule has 0 radical (unpaired) electrons. The minimum absolute atomic E-state index is 0.110. The van der Waals surface area contributed by atoms with Gasteiger partial charge in [-0.15, -0.1) is 0 Å². The lowest BCUT2D eigenvalue weighted by molar-refractivity contribution is -0.121. The fourth-order valence-electron chi connectivity index (χ4n) is 1.61. The summed E-state index contributed by atoms with van der Waals surface area (Å²) >= 11 is 3.52. The Bertz CT molecular complexity index is 391. The first kappa shape index (κ1) is 14.2. The van der Waals surface area contributed by atoms with Gasteiger partial charge in [-0.2, -0.15) is 0 Å². The van der Waals surface area contributed by atoms with E-state index in [1.54, 1.807) is 0 Å². The maximum atomic E-state index is 11.3. The van der Waals surface area contributed by atoms with Gasteiger partial charge >= 0.3 is 0 Å². The van der Waals surface area contributed by atoms with Crippen molar-refractivity contribution in [3.63, 3.8) is 0 Å². The molecule has 0 saturated carbocycles. The van der Waals surface area contributed by atoms with Gasteiger partial charge in [-0.1, -0.05) is 48.0 Å². The molecule has 0 aliphatic carbocycles. The number of aliphatic hydroxyl groups excluding tert-OH is 1. The van der Waals surface area contributed by atoms with Crippen molar-refractivity contribution in [3.05, 3.63) is 34.3 Å². The Labute approximate surface area is 110 Å². The van der Waals surface area contributed by atoms with Crippen LogP contribution in [0.15, 0.2) is 28.7 Å². The molecule has 0 fully saturated rings. The van der Waals surface area contributed by atoms with Gasteiger partial charge < -0.3 is 10.4 Å². The Kier molecular flexibility index (Phi) is 5.15. The first-order valence-electron chi connectivity index (χ1n) is 5.60. The molecule has 0 saturated heterocycles. The van der Waals surface area contributed by atoms with E-state index in [0.29, 0.717) is 6.54 Å². The van der Waals surface area contributed by atoms with E-state index in [2.05, 4.69) is 35.1 Å². The van der Waals surface area contributed by atoms with Crippen molar-refractivity contribution < 1.29 is 9.90 Å². The summed E-state index contributed by atoms with van der Waals surface area (Å²) in [5.41, 5.74) is 1.01. The van der Waals surface area contributed by atoms with Crippen LogP contribution in [0.2, 0.25) is 0 Å². The predicted molar refractivity (Wildman–Crippen MR) is 71.9 cm³/mol. The molecule has 1 amide bonds. The molecule has 0 atom stereocenters. The molecule has 0 aliphatic rings. The number of carbonyl (C=O) groups is 1. The highest BCUT2D eigenvalue weighted by Gasteiger charge is 2.23. The molecule has 17 heavy (non-hydrogen) atoms. The van der Waals surface area contributed by atoms with Crippen molar-refractivity contribution in [1.82, 2.24) is 5.32 Å². The number of benzene rings is 1. The average Bonchev–Trinajstić information content (AvgIpc) is 2.27. The maximum absolute atomic E-state index is 11.3. The highest BCUT2D eigenvalue weighted by molar-refractivity contribution is 9.10. The average molecular weight is 300 g/mol. The second-order valence-electron chi connectivity index (χ2n) is 4.61. The summed E-state index contributed by atoms with van der Waals surface area (Å²) < 4.78 is 1.04. The van der Waals surface area contributed by atoms with E-state index in [1.807, 2.05) is 24.3 Å². The van der Waals surface area contributed by atoms with Gasteiger partial charge in [0.25, 0.3) is 0 Å². The van der Waals surface area contributed by atoms with Crippen LogP contribution in [0.1, 0.15) is 25.8 Å². The summed E-state index contributed by atoms with van der Waals surface area (Å²) in [6, 6.07) is 7.99. The van der Waals surface area contributed by atoms with Gasteiger partial charge in [0, 0.05) is 22.9 Å². The zero-order valence-corrected chi connectivity index (χ0v) is 11.8. The summed E-state index contributed by atoms with van der Waals surface area (Å²) in [7, 11) is 0. The van der Waals surface area contributed by atoms with Crippen LogP contribution in [0.5, 0.6) is 0 Å². The predicted octanol–water partition coefficient (Wildman–Crippen LogP) is 2.23. The van der Waals surface area contributed by atoms with Gasteiger partial charge in [-0.25, -0.2) is 0 Å². The minimum Gasteiger partial charge on any atom is -0.396 e. The van der Waals surface area contributed by atoms with Crippen LogP contribution in [-0.2, 0) is 10.2 Å². The van der Waals surface area contributed by atoms with Crippen molar-refractivity contribution in [2.45, 2.75) is 25.7 Å². The van der Waals surface area contributed by atoms with E-state index in [4.69, 9.17) is 5.11 Å². The summed E-state index contributed by atoms with van der Waals surface area (Å²) in [5, 5.41) is 11.5. The molecule has 94 valence electrons. The van der Waals surface area contributed by atoms with Crippen LogP contribution in [0.4, 0.5) is 0 Å². The summed E-state index contributed by atoms with van der Waals surface area (Å²) in [6.45, 7) is 4.59. The lowest BCUT2D eigenvalue weighted by atomic mass is 9.84. The molecule has 0 unspecified atom stereocenters. The molecule has 1 rings (SSSR count). The zero-order valence-electron chi connectivity index (χ0n) is 10.2. The van der Waals surface area contributed by atoms with Gasteiger partial charge in [0.1, 0.15) is 0 Å². The fraction of sp³-hybridized carbons (Fsp3) is 0.462. The zero-order chi connectivity index (χ0) is 12.9. The maximum Gasteiger partial charge on any atom is 0.222 e. The molecule has 2 N–H and O–H groups in total. The van der Waals surface area contributed by atoms with E-state index in [-0.39, 0.29) is 24.3 Å². The number of halogens is 1. The molecule has 3 nitrogen and oxygen atoms in total. The van der Waals surface area contributed by atoms with E-state index in [0.717, 1.165) is 10.0 Å². The molecule has 0 heterocycles. The number of carbonyl (C=O) groups excluding carboxylic acids is 1. The number of hydrogen-bond donors (Lipinski definition) is 2. The van der Waals surface area contributed by atoms with Crippen LogP contribution in [0, 0.1) is 0 Å². The third-order valence-corrected chi connectivity index (χ3v) is 3.36. The topological polar surface area (TPSA) is 49.3 Å². The fourth-order valence-corrected chi connectivity index (χ4v) is 2.44. The summed E-state index contributed by atoms with van der Waals surface area (Å²) in [5.74, 6) is -0.118. The molecular formula is C13H18BrNO2. The number of amides is 1. The van der Waals surface area contributed by atoms with Gasteiger partial charge in [0.05, 0.1) is 6.61 Å². The van der Waals surface area contributed by atoms with Gasteiger partial charge in [0.15, 0.2) is 0 Å². The van der Waals surface area contributed by atoms with Crippen molar-refractivity contribution >= 4 is 21.8 Å². The van der Waals surface area contributed by atoms with Gasteiger partial charge in [0.2, 0.25) is 5.91 Å². The Hall–Kier alpha value is -0.870. The minimum atomic E-state index is -0.148. The third kappa shape index (κ3) is 4.13. The van der Waals surface area contributed by atoms with E-state index in [1.165, 1.54) is 0 Å². The largest absolute Gasteiger partial charge is 0.396 e. The van der Waals surface area contributed by atoms with Crippen molar-refractivity contribution in [3.8, 4) is 0 Å². The second-order valence-corrected chi connectivity index (χ2v) is 5.47. The van der Waals surface area contributed by atoms with Crippen LogP contribution in [0.3, 0.4) is 0 Å². The summed E-state index contributed by atoms with van der Waals surface area (Å²) in [4.78, 5) is 11.3.